The van der Waals surface area contributed by atoms with Crippen molar-refractivity contribution in [3.05, 3.63) is 22.4 Å². The summed E-state index contributed by atoms with van der Waals surface area (Å²) in [6.07, 6.45) is 4.11. The summed E-state index contributed by atoms with van der Waals surface area (Å²) in [6.45, 7) is 0. The second-order valence-corrected chi connectivity index (χ2v) is 9.80. The van der Waals surface area contributed by atoms with Gasteiger partial charge in [-0.1, -0.05) is 6.42 Å². The molecule has 0 amide bonds. The highest BCUT2D eigenvalue weighted by molar-refractivity contribution is 7.91. The zero-order valence-corrected chi connectivity index (χ0v) is 13.6. The van der Waals surface area contributed by atoms with Gasteiger partial charge in [-0.2, -0.15) is 0 Å². The van der Waals surface area contributed by atoms with Crippen LogP contribution in [-0.4, -0.2) is 25.7 Å². The molecule has 0 saturated heterocycles. The predicted octanol–water partition coefficient (Wildman–Crippen LogP) is 3.75. The smallest absolute Gasteiger partial charge is 0.175 e. The van der Waals surface area contributed by atoms with Crippen LogP contribution in [0, 0.1) is 5.92 Å². The van der Waals surface area contributed by atoms with Gasteiger partial charge in [-0.05, 0) is 36.8 Å². The number of rotatable bonds is 3. The van der Waals surface area contributed by atoms with Gasteiger partial charge in [0.1, 0.15) is 9.84 Å². The maximum Gasteiger partial charge on any atom is 0.175 e. The summed E-state index contributed by atoms with van der Waals surface area (Å²) in [5, 5.41) is 1.68. The van der Waals surface area contributed by atoms with Crippen molar-refractivity contribution in [3.8, 4) is 0 Å². The molecule has 0 N–H and O–H groups in total. The lowest BCUT2D eigenvalue weighted by Gasteiger charge is -2.26. The molecule has 3 rings (SSSR count). The lowest BCUT2D eigenvalue weighted by Crippen LogP contribution is -2.30. The van der Waals surface area contributed by atoms with Gasteiger partial charge in [0.25, 0.3) is 0 Å². The Morgan fingerprint density at radius 3 is 2.80 bits per heavy atom. The highest BCUT2D eigenvalue weighted by Crippen LogP contribution is 2.35. The number of hydrogen-bond donors (Lipinski definition) is 0. The third-order valence-corrected chi connectivity index (χ3v) is 7.73. The average molecular weight is 328 g/mol. The van der Waals surface area contributed by atoms with Crippen LogP contribution in [0.1, 0.15) is 35.4 Å². The fourth-order valence-corrected chi connectivity index (χ4v) is 6.16. The lowest BCUT2D eigenvalue weighted by molar-refractivity contribution is 0.0895. The van der Waals surface area contributed by atoms with Crippen LogP contribution >= 0.6 is 22.7 Å². The zero-order chi connectivity index (χ0) is 14.3. The number of ketones is 1. The molecule has 3 nitrogen and oxygen atoms in total. The molecule has 2 aromatic rings. The number of sulfone groups is 1. The van der Waals surface area contributed by atoms with Crippen LogP contribution < -0.4 is 0 Å². The molecule has 2 heterocycles. The van der Waals surface area contributed by atoms with E-state index in [1.165, 1.54) is 17.6 Å². The molecule has 1 aliphatic rings. The van der Waals surface area contributed by atoms with E-state index in [9.17, 15) is 13.2 Å². The van der Waals surface area contributed by atoms with Gasteiger partial charge in [-0.25, -0.2) is 8.42 Å². The number of Topliss-reactive ketones (excluding diaryl/α,β-unsaturated/α-hetero) is 1. The van der Waals surface area contributed by atoms with E-state index < -0.39 is 9.84 Å². The van der Waals surface area contributed by atoms with E-state index in [0.29, 0.717) is 12.8 Å². The Labute approximate surface area is 126 Å². The van der Waals surface area contributed by atoms with E-state index >= 15 is 0 Å². The summed E-state index contributed by atoms with van der Waals surface area (Å²) in [7, 11) is -3.04. The summed E-state index contributed by atoms with van der Waals surface area (Å²) in [5.74, 6) is 0.00276. The monoisotopic (exact) mass is 328 g/mol. The molecular formula is C14H16O3S3. The van der Waals surface area contributed by atoms with E-state index in [0.717, 1.165) is 27.1 Å². The summed E-state index contributed by atoms with van der Waals surface area (Å²) < 4.78 is 25.7. The fourth-order valence-electron chi connectivity index (χ4n) is 2.86. The lowest BCUT2D eigenvalue weighted by atomic mass is 9.85. The molecule has 6 heteroatoms. The van der Waals surface area contributed by atoms with Crippen molar-refractivity contribution in [2.24, 2.45) is 5.92 Å². The first-order chi connectivity index (χ1) is 9.45. The number of hydrogen-bond acceptors (Lipinski definition) is 5. The minimum atomic E-state index is -3.04. The molecule has 2 unspecified atom stereocenters. The van der Waals surface area contributed by atoms with Crippen molar-refractivity contribution in [2.45, 2.75) is 30.9 Å². The summed E-state index contributed by atoms with van der Waals surface area (Å²) >= 11 is 3.17. The van der Waals surface area contributed by atoms with Gasteiger partial charge >= 0.3 is 0 Å². The normalized spacial score (nSPS) is 24.1. The van der Waals surface area contributed by atoms with Crippen LogP contribution in [-0.2, 0) is 9.84 Å². The highest BCUT2D eigenvalue weighted by Gasteiger charge is 2.33. The van der Waals surface area contributed by atoms with Crippen molar-refractivity contribution < 1.29 is 13.2 Å². The van der Waals surface area contributed by atoms with Gasteiger partial charge in [0, 0.05) is 21.6 Å². The molecule has 0 aliphatic heterocycles. The van der Waals surface area contributed by atoms with Crippen molar-refractivity contribution in [1.29, 1.82) is 0 Å². The van der Waals surface area contributed by atoms with Crippen LogP contribution in [0.25, 0.3) is 9.40 Å². The third kappa shape index (κ3) is 2.69. The van der Waals surface area contributed by atoms with Gasteiger partial charge in [0.15, 0.2) is 5.78 Å². The van der Waals surface area contributed by atoms with Crippen LogP contribution in [0.15, 0.2) is 17.5 Å². The molecule has 1 saturated carbocycles. The van der Waals surface area contributed by atoms with E-state index in [1.807, 2.05) is 17.5 Å². The Morgan fingerprint density at radius 1 is 1.30 bits per heavy atom. The Bertz CT molecular complexity index is 710. The molecule has 2 atom stereocenters. The summed E-state index contributed by atoms with van der Waals surface area (Å²) in [5.41, 5.74) is 0. The number of carbonyl (C=O) groups is 1. The predicted molar refractivity (Wildman–Crippen MR) is 84.6 cm³/mol. The van der Waals surface area contributed by atoms with E-state index in [4.69, 9.17) is 0 Å². The largest absolute Gasteiger partial charge is 0.293 e. The van der Waals surface area contributed by atoms with Gasteiger partial charge in [-0.3, -0.25) is 4.79 Å². The van der Waals surface area contributed by atoms with E-state index in [-0.39, 0.29) is 17.0 Å². The van der Waals surface area contributed by atoms with Crippen molar-refractivity contribution in [3.63, 3.8) is 0 Å². The first-order valence-corrected chi connectivity index (χ1v) is 10.3. The molecule has 1 fully saturated rings. The maximum absolute atomic E-state index is 12.6. The van der Waals surface area contributed by atoms with E-state index in [1.54, 1.807) is 11.3 Å². The molecule has 108 valence electrons. The van der Waals surface area contributed by atoms with Crippen molar-refractivity contribution in [1.82, 2.24) is 0 Å². The quantitative estimate of drug-likeness (QED) is 0.806. The molecule has 20 heavy (non-hydrogen) atoms. The van der Waals surface area contributed by atoms with Crippen molar-refractivity contribution in [2.75, 3.05) is 6.26 Å². The van der Waals surface area contributed by atoms with Crippen LogP contribution in [0.2, 0.25) is 0 Å². The van der Waals surface area contributed by atoms with Crippen molar-refractivity contribution >= 4 is 47.7 Å². The Balaban J connectivity index is 1.81. The second-order valence-electron chi connectivity index (χ2n) is 5.44. The number of fused-ring (bicyclic) bond motifs is 1. The average Bonchev–Trinajstić information content (AvgIpc) is 2.97. The zero-order valence-electron chi connectivity index (χ0n) is 11.2. The molecule has 2 aromatic heterocycles. The number of carbonyl (C=O) groups excluding carboxylic acids is 1. The topological polar surface area (TPSA) is 51.2 Å². The van der Waals surface area contributed by atoms with Gasteiger partial charge < -0.3 is 0 Å². The number of thiophene rings is 2. The van der Waals surface area contributed by atoms with Crippen LogP contribution in [0.3, 0.4) is 0 Å². The van der Waals surface area contributed by atoms with Gasteiger partial charge in [0.2, 0.25) is 0 Å². The molecule has 1 aliphatic carbocycles. The highest BCUT2D eigenvalue weighted by atomic mass is 32.2. The fraction of sp³-hybridized carbons (Fsp3) is 0.500. The maximum atomic E-state index is 12.6. The summed E-state index contributed by atoms with van der Waals surface area (Å²) in [4.78, 5) is 13.3. The first-order valence-electron chi connectivity index (χ1n) is 6.65. The van der Waals surface area contributed by atoms with Gasteiger partial charge in [0.05, 0.1) is 10.1 Å². The first kappa shape index (κ1) is 14.2. The molecule has 0 aromatic carbocycles. The molecular weight excluding hydrogens is 312 g/mol. The summed E-state index contributed by atoms with van der Waals surface area (Å²) in [6, 6.07) is 3.98. The molecule has 0 bridgehead atoms. The second kappa shape index (κ2) is 5.24. The standard InChI is InChI=1S/C14H16O3S3/c1-20(16,17)10-4-2-3-9(7-10)14(15)13-8-12-11(19-13)5-6-18-12/h5-6,8-10H,2-4,7H2,1H3. The molecule has 0 spiro atoms. The van der Waals surface area contributed by atoms with Crippen LogP contribution in [0.4, 0.5) is 0 Å². The third-order valence-electron chi connectivity index (χ3n) is 3.98. The molecule has 0 radical (unpaired) electrons. The Morgan fingerprint density at radius 2 is 2.10 bits per heavy atom. The van der Waals surface area contributed by atoms with E-state index in [2.05, 4.69) is 0 Å². The van der Waals surface area contributed by atoms with Crippen LogP contribution in [0.5, 0.6) is 0 Å². The van der Waals surface area contributed by atoms with Gasteiger partial charge in [-0.15, -0.1) is 22.7 Å². The Kier molecular flexibility index (Phi) is 3.73. The Hall–Kier alpha value is -0.720. The minimum Gasteiger partial charge on any atom is -0.293 e. The SMILES string of the molecule is CS(=O)(=O)C1CCCC(C(=O)c2cc3sccc3s2)C1. The minimum absolute atomic E-state index is 0.128.